The lowest BCUT2D eigenvalue weighted by molar-refractivity contribution is -0.142. The summed E-state index contributed by atoms with van der Waals surface area (Å²) in [5.41, 5.74) is 2.54. The van der Waals surface area contributed by atoms with Crippen LogP contribution in [-0.2, 0) is 4.79 Å². The Morgan fingerprint density at radius 3 is 2.62 bits per heavy atom. The molecule has 0 radical (unpaired) electrons. The lowest BCUT2D eigenvalue weighted by Gasteiger charge is -2.24. The minimum absolute atomic E-state index is 0.0964. The molecule has 1 amide bonds. The maximum absolute atomic E-state index is 13.3. The summed E-state index contributed by atoms with van der Waals surface area (Å²) in [6, 6.07) is 1.53. The third kappa shape index (κ3) is 2.66. The van der Waals surface area contributed by atoms with Crippen molar-refractivity contribution in [2.75, 3.05) is 6.54 Å². The Labute approximate surface area is 151 Å². The van der Waals surface area contributed by atoms with E-state index in [4.69, 9.17) is 4.52 Å². The van der Waals surface area contributed by atoms with Crippen LogP contribution in [0.3, 0.4) is 0 Å². The second-order valence-electron chi connectivity index (χ2n) is 7.74. The molecule has 4 rings (SSSR count). The van der Waals surface area contributed by atoms with E-state index in [1.54, 1.807) is 11.8 Å². The largest absolute Gasteiger partial charge is 0.481 e. The number of carboxylic acid groups (broad SMARTS) is 1. The van der Waals surface area contributed by atoms with Crippen molar-refractivity contribution in [2.45, 2.75) is 57.9 Å². The van der Waals surface area contributed by atoms with Gasteiger partial charge in [0.1, 0.15) is 0 Å². The second kappa shape index (κ2) is 6.07. The Morgan fingerprint density at radius 1 is 1.31 bits per heavy atom. The first-order chi connectivity index (χ1) is 12.4. The minimum atomic E-state index is -0.848. The van der Waals surface area contributed by atoms with Gasteiger partial charge in [-0.3, -0.25) is 9.59 Å². The van der Waals surface area contributed by atoms with Crippen LogP contribution in [0, 0.1) is 5.92 Å². The van der Waals surface area contributed by atoms with Crippen LogP contribution in [0.25, 0.3) is 11.1 Å². The number of hydrogen-bond donors (Lipinski definition) is 1. The van der Waals surface area contributed by atoms with Crippen LogP contribution < -0.4 is 0 Å². The van der Waals surface area contributed by atoms with E-state index in [0.29, 0.717) is 35.5 Å². The fourth-order valence-corrected chi connectivity index (χ4v) is 3.85. The fourth-order valence-electron chi connectivity index (χ4n) is 3.85. The molecule has 1 aliphatic carbocycles. The number of amides is 1. The van der Waals surface area contributed by atoms with Gasteiger partial charge >= 0.3 is 5.97 Å². The second-order valence-corrected chi connectivity index (χ2v) is 7.74. The summed E-state index contributed by atoms with van der Waals surface area (Å²) in [7, 11) is 0. The number of aliphatic carboxylic acids is 1. The highest BCUT2D eigenvalue weighted by atomic mass is 16.5. The van der Waals surface area contributed by atoms with Gasteiger partial charge in [0.05, 0.1) is 22.6 Å². The van der Waals surface area contributed by atoms with E-state index in [0.717, 1.165) is 24.2 Å². The molecule has 138 valence electrons. The number of likely N-dealkylation sites (tertiary alicyclic amines) is 1. The Kier molecular flexibility index (Phi) is 3.97. The highest BCUT2D eigenvalue weighted by Gasteiger charge is 2.40. The van der Waals surface area contributed by atoms with Crippen LogP contribution in [0.4, 0.5) is 0 Å². The summed E-state index contributed by atoms with van der Waals surface area (Å²) < 4.78 is 5.44. The first-order valence-electron chi connectivity index (χ1n) is 9.22. The molecule has 2 aromatic heterocycles. The van der Waals surface area contributed by atoms with Crippen molar-refractivity contribution in [2.24, 2.45) is 5.92 Å². The fraction of sp³-hybridized carbons (Fsp3) is 0.579. The maximum atomic E-state index is 13.3. The zero-order chi connectivity index (χ0) is 18.6. The van der Waals surface area contributed by atoms with E-state index in [1.165, 1.54) is 0 Å². The molecule has 1 saturated heterocycles. The standard InChI is InChI=1S/C19H23N3O4/c1-9(2)16-15-13(8-14(11-4-5-11)20-17(15)26-21-16)18(23)22-7-6-12(10(22)3)19(24)25/h8-12H,4-7H2,1-3H3,(H,24,25). The summed E-state index contributed by atoms with van der Waals surface area (Å²) >= 11 is 0. The van der Waals surface area contributed by atoms with Crippen molar-refractivity contribution < 1.29 is 19.2 Å². The van der Waals surface area contributed by atoms with Crippen molar-refractivity contribution in [1.29, 1.82) is 0 Å². The molecule has 26 heavy (non-hydrogen) atoms. The first-order valence-corrected chi connectivity index (χ1v) is 9.22. The molecule has 2 unspecified atom stereocenters. The summed E-state index contributed by atoms with van der Waals surface area (Å²) in [6.07, 6.45) is 2.61. The quantitative estimate of drug-likeness (QED) is 0.903. The number of fused-ring (bicyclic) bond motifs is 1. The van der Waals surface area contributed by atoms with Gasteiger partial charge in [-0.25, -0.2) is 4.98 Å². The Hall–Kier alpha value is -2.44. The van der Waals surface area contributed by atoms with E-state index < -0.39 is 11.9 Å². The topological polar surface area (TPSA) is 96.5 Å². The third-order valence-electron chi connectivity index (χ3n) is 5.60. The zero-order valence-electron chi connectivity index (χ0n) is 15.2. The Bertz CT molecular complexity index is 884. The molecule has 1 N–H and O–H groups in total. The third-order valence-corrected chi connectivity index (χ3v) is 5.60. The summed E-state index contributed by atoms with van der Waals surface area (Å²) in [5.74, 6) is -1.05. The van der Waals surface area contributed by atoms with Crippen LogP contribution in [0.15, 0.2) is 10.6 Å². The molecule has 2 atom stereocenters. The van der Waals surface area contributed by atoms with Gasteiger partial charge in [-0.15, -0.1) is 0 Å². The number of aromatic nitrogens is 2. The predicted molar refractivity (Wildman–Crippen MR) is 94.1 cm³/mol. The van der Waals surface area contributed by atoms with Gasteiger partial charge in [0.25, 0.3) is 11.6 Å². The van der Waals surface area contributed by atoms with E-state index in [2.05, 4.69) is 10.1 Å². The number of hydrogen-bond acceptors (Lipinski definition) is 5. The van der Waals surface area contributed by atoms with Crippen molar-refractivity contribution in [3.8, 4) is 0 Å². The Balaban J connectivity index is 1.80. The zero-order valence-corrected chi connectivity index (χ0v) is 15.2. The highest BCUT2D eigenvalue weighted by molar-refractivity contribution is 6.06. The van der Waals surface area contributed by atoms with Gasteiger partial charge in [-0.1, -0.05) is 19.0 Å². The summed E-state index contributed by atoms with van der Waals surface area (Å²) in [6.45, 7) is 6.25. The van der Waals surface area contributed by atoms with Crippen molar-refractivity contribution in [1.82, 2.24) is 15.0 Å². The van der Waals surface area contributed by atoms with Crippen molar-refractivity contribution in [3.05, 3.63) is 23.0 Å². The van der Waals surface area contributed by atoms with Gasteiger partial charge in [-0.2, -0.15) is 0 Å². The van der Waals surface area contributed by atoms with E-state index >= 15 is 0 Å². The number of pyridine rings is 1. The van der Waals surface area contributed by atoms with E-state index in [1.807, 2.05) is 19.9 Å². The smallest absolute Gasteiger partial charge is 0.308 e. The molecule has 7 heteroatoms. The molecule has 1 saturated carbocycles. The number of carbonyl (C=O) groups excluding carboxylic acids is 1. The van der Waals surface area contributed by atoms with Crippen LogP contribution in [0.2, 0.25) is 0 Å². The van der Waals surface area contributed by atoms with Gasteiger partial charge < -0.3 is 14.5 Å². The SMILES string of the molecule is CC(C)c1noc2nc(C3CC3)cc(C(=O)N3CCC(C(=O)O)C3C)c12. The molecule has 2 fully saturated rings. The number of carboxylic acids is 1. The first kappa shape index (κ1) is 17.0. The number of carbonyl (C=O) groups is 2. The van der Waals surface area contributed by atoms with Crippen LogP contribution >= 0.6 is 0 Å². The Morgan fingerprint density at radius 2 is 2.04 bits per heavy atom. The molecule has 0 bridgehead atoms. The minimum Gasteiger partial charge on any atom is -0.481 e. The van der Waals surface area contributed by atoms with Gasteiger partial charge in [-0.05, 0) is 38.2 Å². The molecule has 7 nitrogen and oxygen atoms in total. The predicted octanol–water partition coefficient (Wildman–Crippen LogP) is 3.16. The summed E-state index contributed by atoms with van der Waals surface area (Å²) in [4.78, 5) is 31.0. The molecule has 0 aromatic carbocycles. The lowest BCUT2D eigenvalue weighted by atomic mass is 10.00. The molecular weight excluding hydrogens is 334 g/mol. The molecule has 0 spiro atoms. The van der Waals surface area contributed by atoms with Gasteiger partial charge in [0.15, 0.2) is 0 Å². The average Bonchev–Trinajstić information content (AvgIpc) is 3.23. The highest BCUT2D eigenvalue weighted by Crippen LogP contribution is 2.41. The van der Waals surface area contributed by atoms with E-state index in [9.17, 15) is 14.7 Å². The normalized spacial score (nSPS) is 23.2. The van der Waals surface area contributed by atoms with Crippen LogP contribution in [0.1, 0.15) is 73.6 Å². The molecule has 2 aromatic rings. The number of rotatable bonds is 4. The van der Waals surface area contributed by atoms with Crippen molar-refractivity contribution in [3.63, 3.8) is 0 Å². The molecular formula is C19H23N3O4. The van der Waals surface area contributed by atoms with E-state index in [-0.39, 0.29) is 17.9 Å². The molecule has 1 aliphatic heterocycles. The maximum Gasteiger partial charge on any atom is 0.308 e. The monoisotopic (exact) mass is 357 g/mol. The number of nitrogens with zero attached hydrogens (tertiary/aromatic N) is 3. The summed E-state index contributed by atoms with van der Waals surface area (Å²) in [5, 5.41) is 14.2. The van der Waals surface area contributed by atoms with Crippen molar-refractivity contribution >= 4 is 23.0 Å². The molecule has 2 aliphatic rings. The van der Waals surface area contributed by atoms with Crippen LogP contribution in [-0.4, -0.2) is 44.6 Å². The van der Waals surface area contributed by atoms with Gasteiger partial charge in [0.2, 0.25) is 0 Å². The van der Waals surface area contributed by atoms with Crippen LogP contribution in [0.5, 0.6) is 0 Å². The molecule has 3 heterocycles. The lowest BCUT2D eigenvalue weighted by Crippen LogP contribution is -2.37. The average molecular weight is 357 g/mol. The van der Waals surface area contributed by atoms with Gasteiger partial charge in [0, 0.05) is 24.2 Å².